The third-order valence-electron chi connectivity index (χ3n) is 3.80. The molecule has 2 N–H and O–H groups in total. The van der Waals surface area contributed by atoms with Gasteiger partial charge in [-0.05, 0) is 56.3 Å². The Morgan fingerprint density at radius 2 is 1.60 bits per heavy atom. The molecule has 25 heavy (non-hydrogen) atoms. The minimum Gasteiger partial charge on any atom is -0.267 e. The topological polar surface area (TPSA) is 71.1 Å². The van der Waals surface area contributed by atoms with E-state index in [1.165, 1.54) is 0 Å². The van der Waals surface area contributed by atoms with Crippen LogP contribution in [0.5, 0.6) is 0 Å². The first-order valence-corrected chi connectivity index (χ1v) is 8.06. The van der Waals surface area contributed by atoms with Crippen LogP contribution in [-0.4, -0.2) is 16.8 Å². The average molecular weight is 354 g/mol. The third-order valence-corrected chi connectivity index (χ3v) is 4.05. The molecule has 0 fully saturated rings. The SMILES string of the molecule is Cc1ccc2nc(C)c(C(=O)NNC(=O)c3ccc(Cl)cc3)cc2c1. The molecule has 1 heterocycles. The number of nitrogens with one attached hydrogen (secondary N) is 2. The van der Waals surface area contributed by atoms with Crippen LogP contribution in [0.15, 0.2) is 48.5 Å². The zero-order chi connectivity index (χ0) is 18.0. The quantitative estimate of drug-likeness (QED) is 0.692. The van der Waals surface area contributed by atoms with Crippen LogP contribution >= 0.6 is 11.6 Å². The molecule has 0 aliphatic heterocycles. The summed E-state index contributed by atoms with van der Waals surface area (Å²) >= 11 is 5.79. The van der Waals surface area contributed by atoms with Crippen molar-refractivity contribution < 1.29 is 9.59 Å². The summed E-state index contributed by atoms with van der Waals surface area (Å²) < 4.78 is 0. The van der Waals surface area contributed by atoms with Crippen molar-refractivity contribution in [1.82, 2.24) is 15.8 Å². The predicted molar refractivity (Wildman–Crippen MR) is 97.6 cm³/mol. The van der Waals surface area contributed by atoms with Crippen molar-refractivity contribution in [2.45, 2.75) is 13.8 Å². The van der Waals surface area contributed by atoms with Crippen molar-refractivity contribution in [2.75, 3.05) is 0 Å². The molecule has 3 rings (SSSR count). The van der Waals surface area contributed by atoms with Crippen LogP contribution in [0.1, 0.15) is 32.0 Å². The fraction of sp³-hybridized carbons (Fsp3) is 0.105. The molecule has 2 amide bonds. The molecule has 126 valence electrons. The van der Waals surface area contributed by atoms with Crippen LogP contribution < -0.4 is 10.9 Å². The van der Waals surface area contributed by atoms with Gasteiger partial charge in [0, 0.05) is 16.0 Å². The number of halogens is 1. The second-order valence-corrected chi connectivity index (χ2v) is 6.17. The largest absolute Gasteiger partial charge is 0.271 e. The Morgan fingerprint density at radius 3 is 2.32 bits per heavy atom. The van der Waals surface area contributed by atoms with Crippen molar-refractivity contribution in [3.63, 3.8) is 0 Å². The van der Waals surface area contributed by atoms with Crippen molar-refractivity contribution in [3.8, 4) is 0 Å². The standard InChI is InChI=1S/C19H16ClN3O2/c1-11-3-8-17-14(9-11)10-16(12(2)21-17)19(25)23-22-18(24)13-4-6-15(20)7-5-13/h3-10H,1-2H3,(H,22,24)(H,23,25). The van der Waals surface area contributed by atoms with Gasteiger partial charge in [-0.3, -0.25) is 25.4 Å². The number of aryl methyl sites for hydroxylation is 2. The van der Waals surface area contributed by atoms with E-state index in [0.717, 1.165) is 16.5 Å². The molecule has 1 aromatic heterocycles. The maximum Gasteiger partial charge on any atom is 0.271 e. The van der Waals surface area contributed by atoms with Crippen LogP contribution in [0.3, 0.4) is 0 Å². The lowest BCUT2D eigenvalue weighted by molar-refractivity contribution is 0.0846. The fourth-order valence-corrected chi connectivity index (χ4v) is 2.60. The highest BCUT2D eigenvalue weighted by molar-refractivity contribution is 6.30. The van der Waals surface area contributed by atoms with Gasteiger partial charge in [-0.15, -0.1) is 0 Å². The molecule has 0 bridgehead atoms. The molecule has 2 aromatic carbocycles. The molecule has 0 unspecified atom stereocenters. The van der Waals surface area contributed by atoms with Crippen LogP contribution in [-0.2, 0) is 0 Å². The second-order valence-electron chi connectivity index (χ2n) is 5.73. The number of benzene rings is 2. The number of rotatable bonds is 2. The summed E-state index contributed by atoms with van der Waals surface area (Å²) in [6.45, 7) is 3.74. The van der Waals surface area contributed by atoms with E-state index in [0.29, 0.717) is 21.8 Å². The zero-order valence-electron chi connectivity index (χ0n) is 13.8. The number of hydrazine groups is 1. The molecular weight excluding hydrogens is 338 g/mol. The summed E-state index contributed by atoms with van der Waals surface area (Å²) in [7, 11) is 0. The first kappa shape index (κ1) is 16.9. The molecule has 6 heteroatoms. The number of carbonyl (C=O) groups excluding carboxylic acids is 2. The van der Waals surface area contributed by atoms with Gasteiger partial charge >= 0.3 is 0 Å². The van der Waals surface area contributed by atoms with Crippen LogP contribution in [0, 0.1) is 13.8 Å². The molecule has 0 aliphatic carbocycles. The number of carbonyl (C=O) groups is 2. The maximum absolute atomic E-state index is 12.4. The average Bonchev–Trinajstić information content (AvgIpc) is 2.59. The lowest BCUT2D eigenvalue weighted by atomic mass is 10.1. The van der Waals surface area contributed by atoms with Crippen molar-refractivity contribution in [1.29, 1.82) is 0 Å². The lowest BCUT2D eigenvalue weighted by Crippen LogP contribution is -2.41. The predicted octanol–water partition coefficient (Wildman–Crippen LogP) is 3.58. The normalized spacial score (nSPS) is 10.5. The molecular formula is C19H16ClN3O2. The Hall–Kier alpha value is -2.92. The summed E-state index contributed by atoms with van der Waals surface area (Å²) in [4.78, 5) is 28.9. The first-order valence-electron chi connectivity index (χ1n) is 7.68. The number of pyridine rings is 1. The Labute approximate surface area is 150 Å². The van der Waals surface area contributed by atoms with E-state index in [2.05, 4.69) is 15.8 Å². The van der Waals surface area contributed by atoms with Gasteiger partial charge < -0.3 is 0 Å². The van der Waals surface area contributed by atoms with Crippen LogP contribution in [0.2, 0.25) is 5.02 Å². The van der Waals surface area contributed by atoms with E-state index in [9.17, 15) is 9.59 Å². The van der Waals surface area contributed by atoms with E-state index in [1.54, 1.807) is 37.3 Å². The van der Waals surface area contributed by atoms with E-state index in [1.807, 2.05) is 25.1 Å². The monoisotopic (exact) mass is 353 g/mol. The van der Waals surface area contributed by atoms with Gasteiger partial charge in [0.1, 0.15) is 0 Å². The molecule has 5 nitrogen and oxygen atoms in total. The third kappa shape index (κ3) is 3.78. The molecule has 0 spiro atoms. The van der Waals surface area contributed by atoms with Crippen LogP contribution in [0.25, 0.3) is 10.9 Å². The fourth-order valence-electron chi connectivity index (χ4n) is 2.48. The van der Waals surface area contributed by atoms with E-state index < -0.39 is 11.8 Å². The summed E-state index contributed by atoms with van der Waals surface area (Å²) in [5.74, 6) is -0.844. The number of nitrogens with zero attached hydrogens (tertiary/aromatic N) is 1. The summed E-state index contributed by atoms with van der Waals surface area (Å²) in [6.07, 6.45) is 0. The van der Waals surface area contributed by atoms with E-state index in [4.69, 9.17) is 11.6 Å². The molecule has 3 aromatic rings. The maximum atomic E-state index is 12.4. The number of amides is 2. The molecule has 0 aliphatic rings. The van der Waals surface area contributed by atoms with E-state index in [-0.39, 0.29) is 0 Å². The molecule has 0 atom stereocenters. The number of hydrogen-bond donors (Lipinski definition) is 2. The second kappa shape index (κ2) is 6.91. The molecule has 0 saturated carbocycles. The number of fused-ring (bicyclic) bond motifs is 1. The van der Waals surface area contributed by atoms with Gasteiger partial charge in [-0.25, -0.2) is 0 Å². The Balaban J connectivity index is 1.76. The smallest absolute Gasteiger partial charge is 0.267 e. The minimum atomic E-state index is -0.424. The van der Waals surface area contributed by atoms with Crippen molar-refractivity contribution in [2.24, 2.45) is 0 Å². The van der Waals surface area contributed by atoms with Crippen molar-refractivity contribution >= 4 is 34.3 Å². The molecule has 0 radical (unpaired) electrons. The Kier molecular flexibility index (Phi) is 4.67. The number of aromatic nitrogens is 1. The van der Waals surface area contributed by atoms with Gasteiger partial charge in [-0.2, -0.15) is 0 Å². The highest BCUT2D eigenvalue weighted by Gasteiger charge is 2.13. The van der Waals surface area contributed by atoms with Gasteiger partial charge in [0.2, 0.25) is 0 Å². The van der Waals surface area contributed by atoms with Gasteiger partial charge in [0.05, 0.1) is 16.8 Å². The van der Waals surface area contributed by atoms with Crippen LogP contribution in [0.4, 0.5) is 0 Å². The molecule has 0 saturated heterocycles. The van der Waals surface area contributed by atoms with Gasteiger partial charge in [-0.1, -0.05) is 23.2 Å². The summed E-state index contributed by atoms with van der Waals surface area (Å²) in [5.41, 5.74) is 8.12. The minimum absolute atomic E-state index is 0.397. The van der Waals surface area contributed by atoms with Gasteiger partial charge in [0.15, 0.2) is 0 Å². The summed E-state index contributed by atoms with van der Waals surface area (Å²) in [6, 6.07) is 14.0. The highest BCUT2D eigenvalue weighted by Crippen LogP contribution is 2.18. The Bertz CT molecular complexity index is 968. The Morgan fingerprint density at radius 1 is 0.920 bits per heavy atom. The van der Waals surface area contributed by atoms with Gasteiger partial charge in [0.25, 0.3) is 11.8 Å². The lowest BCUT2D eigenvalue weighted by Gasteiger charge is -2.10. The highest BCUT2D eigenvalue weighted by atomic mass is 35.5. The summed E-state index contributed by atoms with van der Waals surface area (Å²) in [5, 5.41) is 1.41. The number of hydrogen-bond acceptors (Lipinski definition) is 3. The van der Waals surface area contributed by atoms with Crippen molar-refractivity contribution in [3.05, 3.63) is 75.9 Å². The first-order chi connectivity index (χ1) is 11.9. The zero-order valence-corrected chi connectivity index (χ0v) is 14.5. The van der Waals surface area contributed by atoms with E-state index >= 15 is 0 Å².